The van der Waals surface area contributed by atoms with Gasteiger partial charge in [-0.25, -0.2) is 0 Å². The van der Waals surface area contributed by atoms with Gasteiger partial charge in [-0.2, -0.15) is 0 Å². The van der Waals surface area contributed by atoms with Gasteiger partial charge in [0.15, 0.2) is 0 Å². The summed E-state index contributed by atoms with van der Waals surface area (Å²) >= 11 is 0. The summed E-state index contributed by atoms with van der Waals surface area (Å²) < 4.78 is 0. The minimum Gasteiger partial charge on any atom is -0.0991 e. The molecule has 0 saturated heterocycles. The van der Waals surface area contributed by atoms with Crippen molar-refractivity contribution >= 4 is 0 Å². The fourth-order valence-electron chi connectivity index (χ4n) is 0.775. The van der Waals surface area contributed by atoms with Gasteiger partial charge in [-0.15, -0.1) is 0 Å². The van der Waals surface area contributed by atoms with Crippen LogP contribution in [0.4, 0.5) is 0 Å². The van der Waals surface area contributed by atoms with Gasteiger partial charge in [0.2, 0.25) is 0 Å². The first-order valence-corrected chi connectivity index (χ1v) is 4.71. The second-order valence-corrected chi connectivity index (χ2v) is 2.83. The number of rotatable bonds is 2. The second kappa shape index (κ2) is 9.53. The molecule has 0 bridgehead atoms. The molecule has 74 valence electrons. The monoisotopic (exact) mass is 186 g/mol. The lowest BCUT2D eigenvalue weighted by Gasteiger charge is -1.80. The molecule has 0 amide bonds. The normalized spacial score (nSPS) is 13.9. The average molecular weight is 186 g/mol. The fourth-order valence-corrected chi connectivity index (χ4v) is 0.775. The van der Waals surface area contributed by atoms with Gasteiger partial charge in [0.25, 0.3) is 0 Å². The molecule has 0 spiro atoms. The highest BCUT2D eigenvalue weighted by molar-refractivity contribution is 5.17. The van der Waals surface area contributed by atoms with Gasteiger partial charge >= 0.3 is 0 Å². The lowest BCUT2D eigenvalue weighted by atomic mass is 10.3. The van der Waals surface area contributed by atoms with Crippen molar-refractivity contribution in [1.29, 1.82) is 0 Å². The van der Waals surface area contributed by atoms with Crippen molar-refractivity contribution in [3.63, 3.8) is 0 Å². The van der Waals surface area contributed by atoms with E-state index < -0.39 is 0 Å². The molecule has 0 N–H and O–H groups in total. The summed E-state index contributed by atoms with van der Waals surface area (Å²) in [5.74, 6) is 0. The molecular formula is C14H18. The number of hydrogen-bond acceptors (Lipinski definition) is 0. The van der Waals surface area contributed by atoms with Crippen molar-refractivity contribution < 1.29 is 0 Å². The van der Waals surface area contributed by atoms with Crippen molar-refractivity contribution in [2.24, 2.45) is 0 Å². The standard InChI is InChI=1S/C7H8.C7H10/c1-2-4-6-7-5-3-1;1-4-6-7(3)5-2/h1-6H,7H2;4-6H,1-2H2,3H3/b;7-6-. The molecule has 0 radical (unpaired) electrons. The fraction of sp³-hybridized carbons (Fsp3) is 0.143. The largest absolute Gasteiger partial charge is 0.0991 e. The van der Waals surface area contributed by atoms with Crippen LogP contribution in [0.2, 0.25) is 0 Å². The summed E-state index contributed by atoms with van der Waals surface area (Å²) in [6.07, 6.45) is 19.0. The summed E-state index contributed by atoms with van der Waals surface area (Å²) in [7, 11) is 0. The molecule has 0 aliphatic heterocycles. The van der Waals surface area contributed by atoms with E-state index in [2.05, 4.69) is 37.5 Å². The molecule has 0 aromatic heterocycles. The average Bonchev–Trinajstić information content (AvgIpc) is 2.50. The SMILES string of the molecule is C1=CC=CCC=C1.C=C/C=C(/C)C=C. The quantitative estimate of drug-likeness (QED) is 0.562. The predicted octanol–water partition coefficient (Wildman–Crippen LogP) is 4.36. The van der Waals surface area contributed by atoms with Crippen LogP contribution in [0.3, 0.4) is 0 Å². The zero-order valence-electron chi connectivity index (χ0n) is 8.82. The van der Waals surface area contributed by atoms with E-state index >= 15 is 0 Å². The first-order valence-electron chi connectivity index (χ1n) is 4.71. The maximum absolute atomic E-state index is 3.56. The molecule has 0 nitrogen and oxygen atoms in total. The summed E-state index contributed by atoms with van der Waals surface area (Å²) in [6, 6.07) is 0. The third kappa shape index (κ3) is 8.54. The first kappa shape index (κ1) is 12.4. The highest BCUT2D eigenvalue weighted by Gasteiger charge is 1.70. The maximum Gasteiger partial charge on any atom is -0.0163 e. The Morgan fingerprint density at radius 3 is 2.00 bits per heavy atom. The van der Waals surface area contributed by atoms with E-state index in [0.717, 1.165) is 12.0 Å². The van der Waals surface area contributed by atoms with E-state index in [9.17, 15) is 0 Å². The molecule has 0 heterocycles. The van der Waals surface area contributed by atoms with Gasteiger partial charge in [-0.3, -0.25) is 0 Å². The smallest absolute Gasteiger partial charge is 0.0163 e. The molecule has 0 atom stereocenters. The number of hydrogen-bond donors (Lipinski definition) is 0. The van der Waals surface area contributed by atoms with E-state index in [0.29, 0.717) is 0 Å². The molecule has 0 heteroatoms. The lowest BCUT2D eigenvalue weighted by molar-refractivity contribution is 1.41. The second-order valence-electron chi connectivity index (χ2n) is 2.83. The summed E-state index contributed by atoms with van der Waals surface area (Å²) in [5, 5.41) is 0. The van der Waals surface area contributed by atoms with Gasteiger partial charge in [0.1, 0.15) is 0 Å². The van der Waals surface area contributed by atoms with E-state index in [-0.39, 0.29) is 0 Å². The predicted molar refractivity (Wildman–Crippen MR) is 66.2 cm³/mol. The molecule has 14 heavy (non-hydrogen) atoms. The van der Waals surface area contributed by atoms with E-state index in [1.54, 1.807) is 12.2 Å². The molecule has 1 aliphatic rings. The van der Waals surface area contributed by atoms with Gasteiger partial charge in [-0.1, -0.05) is 73.4 Å². The number of allylic oxidation sites excluding steroid dienone is 10. The van der Waals surface area contributed by atoms with Gasteiger partial charge in [-0.05, 0) is 13.3 Å². The molecule has 0 unspecified atom stereocenters. The molecule has 0 aromatic rings. The Balaban J connectivity index is 0.000000241. The van der Waals surface area contributed by atoms with Crippen LogP contribution < -0.4 is 0 Å². The van der Waals surface area contributed by atoms with Crippen LogP contribution in [0.25, 0.3) is 0 Å². The first-order chi connectivity index (χ1) is 6.81. The molecule has 0 saturated carbocycles. The summed E-state index contributed by atoms with van der Waals surface area (Å²) in [6.45, 7) is 9.07. The third-order valence-electron chi connectivity index (χ3n) is 1.58. The van der Waals surface area contributed by atoms with E-state index in [4.69, 9.17) is 0 Å². The van der Waals surface area contributed by atoms with Crippen LogP contribution in [0, 0.1) is 0 Å². The summed E-state index contributed by atoms with van der Waals surface area (Å²) in [4.78, 5) is 0. The Bertz CT molecular complexity index is 258. The lowest BCUT2D eigenvalue weighted by Crippen LogP contribution is -1.58. The van der Waals surface area contributed by atoms with Crippen molar-refractivity contribution in [2.75, 3.05) is 0 Å². The Labute approximate surface area is 87.3 Å². The minimum atomic E-state index is 1.08. The van der Waals surface area contributed by atoms with Crippen molar-refractivity contribution in [1.82, 2.24) is 0 Å². The van der Waals surface area contributed by atoms with Crippen molar-refractivity contribution in [3.05, 3.63) is 73.4 Å². The molecular weight excluding hydrogens is 168 g/mol. The van der Waals surface area contributed by atoms with Crippen LogP contribution in [-0.2, 0) is 0 Å². The maximum atomic E-state index is 3.56. The Hall–Kier alpha value is -1.56. The van der Waals surface area contributed by atoms with Crippen molar-refractivity contribution in [2.45, 2.75) is 13.3 Å². The van der Waals surface area contributed by atoms with Gasteiger partial charge in [0, 0.05) is 0 Å². The minimum absolute atomic E-state index is 1.08. The van der Waals surface area contributed by atoms with Crippen LogP contribution in [0.5, 0.6) is 0 Å². The zero-order valence-corrected chi connectivity index (χ0v) is 8.82. The Morgan fingerprint density at radius 1 is 1.07 bits per heavy atom. The Kier molecular flexibility index (Phi) is 8.47. The Morgan fingerprint density at radius 2 is 1.64 bits per heavy atom. The highest BCUT2D eigenvalue weighted by atomic mass is 13.8. The van der Waals surface area contributed by atoms with Crippen molar-refractivity contribution in [3.8, 4) is 0 Å². The molecule has 0 fully saturated rings. The van der Waals surface area contributed by atoms with E-state index in [1.165, 1.54) is 0 Å². The van der Waals surface area contributed by atoms with Crippen LogP contribution >= 0.6 is 0 Å². The molecule has 1 rings (SSSR count). The van der Waals surface area contributed by atoms with E-state index in [1.807, 2.05) is 25.2 Å². The van der Waals surface area contributed by atoms with Crippen LogP contribution in [0.1, 0.15) is 13.3 Å². The van der Waals surface area contributed by atoms with Crippen LogP contribution in [0.15, 0.2) is 73.4 Å². The zero-order chi connectivity index (χ0) is 10.6. The molecule has 0 aromatic carbocycles. The topological polar surface area (TPSA) is 0 Å². The third-order valence-corrected chi connectivity index (χ3v) is 1.58. The highest BCUT2D eigenvalue weighted by Crippen LogP contribution is 1.92. The molecule has 1 aliphatic carbocycles. The van der Waals surface area contributed by atoms with Gasteiger partial charge in [0.05, 0.1) is 0 Å². The van der Waals surface area contributed by atoms with Gasteiger partial charge < -0.3 is 0 Å². The van der Waals surface area contributed by atoms with Crippen LogP contribution in [-0.4, -0.2) is 0 Å². The summed E-state index contributed by atoms with van der Waals surface area (Å²) in [5.41, 5.74) is 1.15.